The Morgan fingerprint density at radius 1 is 1.20 bits per heavy atom. The Morgan fingerprint density at radius 3 is 2.40 bits per heavy atom. The topological polar surface area (TPSA) is 49.8 Å². The molecule has 1 heterocycles. The van der Waals surface area contributed by atoms with E-state index in [4.69, 9.17) is 4.98 Å². The highest BCUT2D eigenvalue weighted by Gasteiger charge is 2.28. The molecule has 1 aromatic rings. The van der Waals surface area contributed by atoms with Gasteiger partial charge < -0.3 is 10.6 Å². The van der Waals surface area contributed by atoms with Crippen molar-refractivity contribution in [3.63, 3.8) is 0 Å². The van der Waals surface area contributed by atoms with Crippen LogP contribution in [-0.4, -0.2) is 23.1 Å². The van der Waals surface area contributed by atoms with E-state index in [-0.39, 0.29) is 0 Å². The molecule has 1 saturated carbocycles. The summed E-state index contributed by atoms with van der Waals surface area (Å²) in [5.74, 6) is 4.28. The van der Waals surface area contributed by atoms with Crippen molar-refractivity contribution in [2.45, 2.75) is 65.3 Å². The van der Waals surface area contributed by atoms with E-state index in [2.05, 4.69) is 43.3 Å². The van der Waals surface area contributed by atoms with E-state index in [0.717, 1.165) is 28.9 Å². The second-order valence-electron chi connectivity index (χ2n) is 6.22. The molecule has 0 amide bonds. The average Bonchev–Trinajstić information content (AvgIpc) is 3.25. The number of hydrogen-bond acceptors (Lipinski definition) is 4. The maximum absolute atomic E-state index is 4.75. The van der Waals surface area contributed by atoms with Crippen LogP contribution in [0.5, 0.6) is 0 Å². The van der Waals surface area contributed by atoms with Crippen LogP contribution in [0.4, 0.5) is 11.6 Å². The Bertz CT molecular complexity index is 454. The Labute approximate surface area is 122 Å². The summed E-state index contributed by atoms with van der Waals surface area (Å²) < 4.78 is 0. The quantitative estimate of drug-likeness (QED) is 0.792. The van der Waals surface area contributed by atoms with E-state index in [0.29, 0.717) is 12.0 Å². The van der Waals surface area contributed by atoms with Crippen LogP contribution >= 0.6 is 0 Å². The zero-order valence-electron chi connectivity index (χ0n) is 13.5. The van der Waals surface area contributed by atoms with Crippen LogP contribution in [0, 0.1) is 12.8 Å². The fraction of sp³-hybridized carbons (Fsp3) is 0.750. The van der Waals surface area contributed by atoms with Crippen molar-refractivity contribution in [3.05, 3.63) is 11.4 Å². The van der Waals surface area contributed by atoms with Crippen molar-refractivity contribution < 1.29 is 0 Å². The van der Waals surface area contributed by atoms with Gasteiger partial charge in [-0.25, -0.2) is 9.97 Å². The molecule has 2 unspecified atom stereocenters. The standard InChI is InChI=1S/C16H28N4/c1-6-10(2)9-11(3)18-15-12(4)14(17-5)19-16(20-15)13-7-8-13/h10-11,13H,6-9H2,1-5H3,(H2,17,18,19,20). The largest absolute Gasteiger partial charge is 0.373 e. The SMILES string of the molecule is CCC(C)CC(C)Nc1nc(C2CC2)nc(NC)c1C. The summed E-state index contributed by atoms with van der Waals surface area (Å²) in [6, 6.07) is 0.440. The number of rotatable bonds is 7. The predicted octanol–water partition coefficient (Wildman–Crippen LogP) is 3.94. The number of nitrogens with one attached hydrogen (secondary N) is 2. The Kier molecular flexibility index (Phi) is 4.84. The first-order valence-corrected chi connectivity index (χ1v) is 7.87. The molecular formula is C16H28N4. The lowest BCUT2D eigenvalue weighted by molar-refractivity contribution is 0.483. The third-order valence-corrected chi connectivity index (χ3v) is 4.18. The zero-order chi connectivity index (χ0) is 14.7. The van der Waals surface area contributed by atoms with Crippen molar-refractivity contribution in [2.24, 2.45) is 5.92 Å². The van der Waals surface area contributed by atoms with Gasteiger partial charge in [-0.1, -0.05) is 20.3 Å². The van der Waals surface area contributed by atoms with Crippen LogP contribution in [0.3, 0.4) is 0 Å². The van der Waals surface area contributed by atoms with Gasteiger partial charge in [-0.2, -0.15) is 0 Å². The minimum Gasteiger partial charge on any atom is -0.373 e. The lowest BCUT2D eigenvalue weighted by Gasteiger charge is -2.20. The average molecular weight is 276 g/mol. The third kappa shape index (κ3) is 3.62. The van der Waals surface area contributed by atoms with E-state index < -0.39 is 0 Å². The minimum absolute atomic E-state index is 0.440. The first-order chi connectivity index (χ1) is 9.55. The molecule has 1 aliphatic rings. The molecule has 0 spiro atoms. The molecule has 1 aromatic heterocycles. The monoisotopic (exact) mass is 276 g/mol. The Balaban J connectivity index is 2.14. The zero-order valence-corrected chi connectivity index (χ0v) is 13.5. The van der Waals surface area contributed by atoms with Gasteiger partial charge in [-0.3, -0.25) is 0 Å². The van der Waals surface area contributed by atoms with Gasteiger partial charge in [-0.05, 0) is 39.0 Å². The summed E-state index contributed by atoms with van der Waals surface area (Å²) in [6.07, 6.45) is 4.86. The highest BCUT2D eigenvalue weighted by Crippen LogP contribution is 2.39. The Morgan fingerprint density at radius 2 is 1.85 bits per heavy atom. The molecule has 0 saturated heterocycles. The van der Waals surface area contributed by atoms with E-state index in [1.54, 1.807) is 0 Å². The molecule has 4 heteroatoms. The molecule has 1 aliphatic carbocycles. The molecule has 0 radical (unpaired) electrons. The van der Waals surface area contributed by atoms with Gasteiger partial charge in [0, 0.05) is 24.6 Å². The van der Waals surface area contributed by atoms with Gasteiger partial charge in [-0.15, -0.1) is 0 Å². The molecule has 2 N–H and O–H groups in total. The number of anilines is 2. The Hall–Kier alpha value is -1.32. The van der Waals surface area contributed by atoms with Crippen molar-refractivity contribution >= 4 is 11.6 Å². The molecule has 0 aromatic carbocycles. The van der Waals surface area contributed by atoms with Crippen molar-refractivity contribution in [3.8, 4) is 0 Å². The molecule has 1 fully saturated rings. The second-order valence-corrected chi connectivity index (χ2v) is 6.22. The first-order valence-electron chi connectivity index (χ1n) is 7.87. The van der Waals surface area contributed by atoms with Crippen LogP contribution in [0.2, 0.25) is 0 Å². The van der Waals surface area contributed by atoms with Gasteiger partial charge in [0.1, 0.15) is 17.5 Å². The van der Waals surface area contributed by atoms with E-state index in [9.17, 15) is 0 Å². The normalized spacial score (nSPS) is 17.6. The smallest absolute Gasteiger partial charge is 0.136 e. The van der Waals surface area contributed by atoms with Gasteiger partial charge in [0.25, 0.3) is 0 Å². The molecule has 20 heavy (non-hydrogen) atoms. The van der Waals surface area contributed by atoms with Crippen molar-refractivity contribution in [1.29, 1.82) is 0 Å². The van der Waals surface area contributed by atoms with E-state index >= 15 is 0 Å². The summed E-state index contributed by atoms with van der Waals surface area (Å²) in [5.41, 5.74) is 1.12. The fourth-order valence-electron chi connectivity index (χ4n) is 2.50. The number of aromatic nitrogens is 2. The molecule has 112 valence electrons. The first kappa shape index (κ1) is 15.1. The summed E-state index contributed by atoms with van der Waals surface area (Å²) in [6.45, 7) is 8.88. The second kappa shape index (κ2) is 6.42. The molecule has 2 atom stereocenters. The van der Waals surface area contributed by atoms with E-state index in [1.165, 1.54) is 25.7 Å². The van der Waals surface area contributed by atoms with E-state index in [1.807, 2.05) is 7.05 Å². The summed E-state index contributed by atoms with van der Waals surface area (Å²) >= 11 is 0. The minimum atomic E-state index is 0.440. The molecule has 4 nitrogen and oxygen atoms in total. The summed E-state index contributed by atoms with van der Waals surface area (Å²) in [4.78, 5) is 9.39. The highest BCUT2D eigenvalue weighted by atomic mass is 15.1. The predicted molar refractivity (Wildman–Crippen MR) is 85.4 cm³/mol. The molecule has 2 rings (SSSR count). The van der Waals surface area contributed by atoms with Crippen molar-refractivity contribution in [1.82, 2.24) is 9.97 Å². The molecule has 0 bridgehead atoms. The van der Waals surface area contributed by atoms with Gasteiger partial charge in [0.15, 0.2) is 0 Å². The fourth-order valence-corrected chi connectivity index (χ4v) is 2.50. The summed E-state index contributed by atoms with van der Waals surface area (Å²) in [5, 5.41) is 6.77. The number of nitrogens with zero attached hydrogens (tertiary/aromatic N) is 2. The third-order valence-electron chi connectivity index (χ3n) is 4.18. The lowest BCUT2D eigenvalue weighted by Crippen LogP contribution is -2.20. The van der Waals surface area contributed by atoms with Gasteiger partial charge in [0.05, 0.1) is 0 Å². The number of hydrogen-bond donors (Lipinski definition) is 2. The molecular weight excluding hydrogens is 248 g/mol. The van der Waals surface area contributed by atoms with Crippen LogP contribution in [0.25, 0.3) is 0 Å². The summed E-state index contributed by atoms with van der Waals surface area (Å²) in [7, 11) is 1.93. The van der Waals surface area contributed by atoms with Crippen LogP contribution < -0.4 is 10.6 Å². The maximum Gasteiger partial charge on any atom is 0.136 e. The van der Waals surface area contributed by atoms with Crippen LogP contribution in [0.15, 0.2) is 0 Å². The van der Waals surface area contributed by atoms with Crippen LogP contribution in [0.1, 0.15) is 63.8 Å². The van der Waals surface area contributed by atoms with Crippen molar-refractivity contribution in [2.75, 3.05) is 17.7 Å². The molecule has 0 aliphatic heterocycles. The van der Waals surface area contributed by atoms with Crippen LogP contribution in [-0.2, 0) is 0 Å². The maximum atomic E-state index is 4.75. The van der Waals surface area contributed by atoms with Gasteiger partial charge >= 0.3 is 0 Å². The van der Waals surface area contributed by atoms with Gasteiger partial charge in [0.2, 0.25) is 0 Å². The lowest BCUT2D eigenvalue weighted by atomic mass is 10.0. The highest BCUT2D eigenvalue weighted by molar-refractivity contribution is 5.57.